The van der Waals surface area contributed by atoms with Crippen molar-refractivity contribution in [3.63, 3.8) is 0 Å². The quantitative estimate of drug-likeness (QED) is 0.861. The van der Waals surface area contributed by atoms with E-state index in [-0.39, 0.29) is 11.3 Å². The minimum Gasteiger partial charge on any atom is -0.309 e. The van der Waals surface area contributed by atoms with Crippen LogP contribution in [0.1, 0.15) is 24.9 Å². The van der Waals surface area contributed by atoms with E-state index in [4.69, 9.17) is 23.2 Å². The highest BCUT2D eigenvalue weighted by molar-refractivity contribution is 7.85. The van der Waals surface area contributed by atoms with E-state index < -0.39 is 10.8 Å². The number of hydrogen-bond donors (Lipinski definition) is 1. The second-order valence-corrected chi connectivity index (χ2v) is 7.06. The van der Waals surface area contributed by atoms with Crippen molar-refractivity contribution >= 4 is 34.0 Å². The summed E-state index contributed by atoms with van der Waals surface area (Å²) >= 11 is 12.1. The van der Waals surface area contributed by atoms with Crippen LogP contribution >= 0.6 is 23.2 Å². The van der Waals surface area contributed by atoms with E-state index in [0.717, 1.165) is 18.5 Å². The molecule has 5 heteroatoms. The number of benzene rings is 1. The topological polar surface area (TPSA) is 29.1 Å². The predicted molar refractivity (Wildman–Crippen MR) is 74.3 cm³/mol. The first-order valence-corrected chi connectivity index (χ1v) is 7.77. The predicted octanol–water partition coefficient (Wildman–Crippen LogP) is 3.17. The average molecular weight is 292 g/mol. The fourth-order valence-electron chi connectivity index (χ4n) is 1.96. The summed E-state index contributed by atoms with van der Waals surface area (Å²) in [5.74, 6) is 0.614. The van der Waals surface area contributed by atoms with Crippen LogP contribution in [0.15, 0.2) is 18.2 Å². The van der Waals surface area contributed by atoms with Gasteiger partial charge in [0.05, 0.1) is 0 Å². The smallest absolute Gasteiger partial charge is 0.0468 e. The van der Waals surface area contributed by atoms with E-state index in [1.54, 1.807) is 6.07 Å². The Morgan fingerprint density at radius 2 is 2.18 bits per heavy atom. The molecule has 0 aromatic heterocycles. The van der Waals surface area contributed by atoms with E-state index in [9.17, 15) is 4.21 Å². The van der Waals surface area contributed by atoms with Crippen molar-refractivity contribution in [1.29, 1.82) is 0 Å². The zero-order chi connectivity index (χ0) is 12.4. The molecule has 2 rings (SSSR count). The summed E-state index contributed by atoms with van der Waals surface area (Å²) in [6.45, 7) is 2.90. The van der Waals surface area contributed by atoms with Gasteiger partial charge >= 0.3 is 0 Å². The highest BCUT2D eigenvalue weighted by atomic mass is 35.5. The summed E-state index contributed by atoms with van der Waals surface area (Å²) in [5, 5.41) is 4.91. The molecule has 0 spiro atoms. The number of hydrogen-bond acceptors (Lipinski definition) is 2. The standard InChI is InChI=1S/C12H15Cl2NOS/c1-8-4-5-15-12(7-17(8)16)10-3-2-9(13)6-11(10)14/h2-3,6,8,12,15H,4-5,7H2,1H3. The van der Waals surface area contributed by atoms with E-state index in [0.29, 0.717) is 15.8 Å². The largest absolute Gasteiger partial charge is 0.309 e. The highest BCUT2D eigenvalue weighted by Crippen LogP contribution is 2.28. The summed E-state index contributed by atoms with van der Waals surface area (Å²) in [7, 11) is -0.801. The third kappa shape index (κ3) is 3.22. The molecule has 1 aromatic rings. The zero-order valence-corrected chi connectivity index (χ0v) is 11.9. The molecule has 17 heavy (non-hydrogen) atoms. The normalized spacial score (nSPS) is 29.9. The molecule has 0 saturated carbocycles. The molecule has 1 aromatic carbocycles. The molecule has 0 aliphatic carbocycles. The van der Waals surface area contributed by atoms with Crippen molar-refractivity contribution in [1.82, 2.24) is 5.32 Å². The number of nitrogens with one attached hydrogen (secondary N) is 1. The lowest BCUT2D eigenvalue weighted by Gasteiger charge is -2.17. The third-order valence-corrected chi connectivity index (χ3v) is 5.42. The first kappa shape index (κ1) is 13.3. The average Bonchev–Trinajstić information content (AvgIpc) is 2.42. The fourth-order valence-corrected chi connectivity index (χ4v) is 3.84. The van der Waals surface area contributed by atoms with Crippen LogP contribution in [-0.2, 0) is 10.8 Å². The van der Waals surface area contributed by atoms with Crippen LogP contribution in [0.3, 0.4) is 0 Å². The lowest BCUT2D eigenvalue weighted by Crippen LogP contribution is -2.24. The van der Waals surface area contributed by atoms with Gasteiger partial charge in [-0.2, -0.15) is 0 Å². The summed E-state index contributed by atoms with van der Waals surface area (Å²) in [5.41, 5.74) is 0.985. The number of halogens is 2. The van der Waals surface area contributed by atoms with Gasteiger partial charge in [-0.15, -0.1) is 0 Å². The van der Waals surface area contributed by atoms with Crippen molar-refractivity contribution in [2.24, 2.45) is 0 Å². The molecule has 1 fully saturated rings. The summed E-state index contributed by atoms with van der Waals surface area (Å²) in [6.07, 6.45) is 0.939. The maximum atomic E-state index is 12.0. The molecule has 0 amide bonds. The van der Waals surface area contributed by atoms with Crippen molar-refractivity contribution in [2.75, 3.05) is 12.3 Å². The van der Waals surface area contributed by atoms with Crippen LogP contribution in [0.5, 0.6) is 0 Å². The van der Waals surface area contributed by atoms with Gasteiger partial charge in [0.1, 0.15) is 0 Å². The maximum Gasteiger partial charge on any atom is 0.0468 e. The van der Waals surface area contributed by atoms with Gasteiger partial charge in [0.25, 0.3) is 0 Å². The minimum atomic E-state index is -0.801. The molecular formula is C12H15Cl2NOS. The molecule has 0 radical (unpaired) electrons. The Bertz CT molecular complexity index is 439. The van der Waals surface area contributed by atoms with Crippen molar-refractivity contribution in [2.45, 2.75) is 24.6 Å². The van der Waals surface area contributed by atoms with Gasteiger partial charge in [-0.3, -0.25) is 4.21 Å². The Labute approximate surface area is 114 Å². The molecule has 94 valence electrons. The van der Waals surface area contributed by atoms with Crippen LogP contribution in [-0.4, -0.2) is 21.8 Å². The van der Waals surface area contributed by atoms with E-state index in [1.807, 2.05) is 19.1 Å². The summed E-state index contributed by atoms with van der Waals surface area (Å²) < 4.78 is 12.0. The minimum absolute atomic E-state index is 0.0607. The monoisotopic (exact) mass is 291 g/mol. The molecular weight excluding hydrogens is 277 g/mol. The highest BCUT2D eigenvalue weighted by Gasteiger charge is 2.24. The van der Waals surface area contributed by atoms with Gasteiger partial charge in [0, 0.05) is 37.9 Å². The molecule has 1 aliphatic heterocycles. The fraction of sp³-hybridized carbons (Fsp3) is 0.500. The third-order valence-electron chi connectivity index (χ3n) is 3.06. The molecule has 3 unspecified atom stereocenters. The Kier molecular flexibility index (Phi) is 4.47. The summed E-state index contributed by atoms with van der Waals surface area (Å²) in [6, 6.07) is 5.53. The van der Waals surface area contributed by atoms with Crippen molar-refractivity contribution in [3.8, 4) is 0 Å². The Morgan fingerprint density at radius 1 is 1.41 bits per heavy atom. The zero-order valence-electron chi connectivity index (χ0n) is 9.58. The Balaban J connectivity index is 2.24. The van der Waals surface area contributed by atoms with Crippen LogP contribution < -0.4 is 5.32 Å². The van der Waals surface area contributed by atoms with Gasteiger partial charge in [0.2, 0.25) is 0 Å². The van der Waals surface area contributed by atoms with Gasteiger partial charge in [-0.25, -0.2) is 0 Å². The van der Waals surface area contributed by atoms with Gasteiger partial charge < -0.3 is 5.32 Å². The second-order valence-electron chi connectivity index (χ2n) is 4.32. The van der Waals surface area contributed by atoms with Crippen molar-refractivity contribution < 1.29 is 4.21 Å². The summed E-state index contributed by atoms with van der Waals surface area (Å²) in [4.78, 5) is 0. The second kappa shape index (κ2) is 5.70. The molecule has 3 atom stereocenters. The molecule has 0 bridgehead atoms. The Hall–Kier alpha value is -0.0900. The molecule has 1 saturated heterocycles. The molecule has 1 aliphatic rings. The van der Waals surface area contributed by atoms with Crippen LogP contribution in [0.4, 0.5) is 0 Å². The number of rotatable bonds is 1. The molecule has 2 nitrogen and oxygen atoms in total. The van der Waals surface area contributed by atoms with E-state index in [2.05, 4.69) is 5.32 Å². The first-order valence-electron chi connectivity index (χ1n) is 5.63. The van der Waals surface area contributed by atoms with Crippen LogP contribution in [0.2, 0.25) is 10.0 Å². The maximum absolute atomic E-state index is 12.0. The van der Waals surface area contributed by atoms with Crippen molar-refractivity contribution in [3.05, 3.63) is 33.8 Å². The SMILES string of the molecule is CC1CCNC(c2ccc(Cl)cc2Cl)CS1=O. The molecule has 1 heterocycles. The lowest BCUT2D eigenvalue weighted by molar-refractivity contribution is 0.578. The lowest BCUT2D eigenvalue weighted by atomic mass is 10.1. The Morgan fingerprint density at radius 3 is 2.88 bits per heavy atom. The van der Waals surface area contributed by atoms with E-state index in [1.165, 1.54) is 0 Å². The van der Waals surface area contributed by atoms with Gasteiger partial charge in [-0.1, -0.05) is 36.2 Å². The van der Waals surface area contributed by atoms with Gasteiger partial charge in [-0.05, 0) is 30.7 Å². The van der Waals surface area contributed by atoms with Crippen LogP contribution in [0.25, 0.3) is 0 Å². The van der Waals surface area contributed by atoms with Gasteiger partial charge in [0.15, 0.2) is 0 Å². The van der Waals surface area contributed by atoms with E-state index >= 15 is 0 Å². The first-order chi connectivity index (χ1) is 8.08. The van der Waals surface area contributed by atoms with Crippen LogP contribution in [0, 0.1) is 0 Å². The molecule has 1 N–H and O–H groups in total.